The number of aromatic nitrogens is 2. The molecule has 2 heterocycles. The van der Waals surface area contributed by atoms with Gasteiger partial charge in [0.1, 0.15) is 5.82 Å². The SMILES string of the molecule is CC(CCc1cccn1C)Nc1ccccn1. The van der Waals surface area contributed by atoms with Gasteiger partial charge in [0.25, 0.3) is 0 Å². The molecule has 90 valence electrons. The molecule has 0 aliphatic carbocycles. The van der Waals surface area contributed by atoms with Crippen molar-refractivity contribution in [3.63, 3.8) is 0 Å². The maximum absolute atomic E-state index is 4.26. The van der Waals surface area contributed by atoms with E-state index in [-0.39, 0.29) is 0 Å². The zero-order chi connectivity index (χ0) is 12.1. The standard InChI is InChI=1S/C14H19N3/c1-12(16-14-7-3-4-10-15-14)8-9-13-6-5-11-17(13)2/h3-7,10-12H,8-9H2,1-2H3,(H,15,16). The van der Waals surface area contributed by atoms with E-state index < -0.39 is 0 Å². The molecule has 1 unspecified atom stereocenters. The predicted octanol–water partition coefficient (Wildman–Crippen LogP) is 2.85. The summed E-state index contributed by atoms with van der Waals surface area (Å²) in [4.78, 5) is 4.26. The maximum atomic E-state index is 4.26. The van der Waals surface area contributed by atoms with Gasteiger partial charge < -0.3 is 9.88 Å². The predicted molar refractivity (Wildman–Crippen MR) is 71.1 cm³/mol. The Labute approximate surface area is 103 Å². The maximum Gasteiger partial charge on any atom is 0.126 e. The largest absolute Gasteiger partial charge is 0.368 e. The van der Waals surface area contributed by atoms with Crippen molar-refractivity contribution in [3.8, 4) is 0 Å². The normalized spacial score (nSPS) is 12.4. The Balaban J connectivity index is 1.82. The smallest absolute Gasteiger partial charge is 0.126 e. The summed E-state index contributed by atoms with van der Waals surface area (Å²) in [6, 6.07) is 10.6. The van der Waals surface area contributed by atoms with Gasteiger partial charge in [0.15, 0.2) is 0 Å². The second kappa shape index (κ2) is 5.53. The van der Waals surface area contributed by atoms with Crippen LogP contribution in [0.15, 0.2) is 42.7 Å². The van der Waals surface area contributed by atoms with Crippen molar-refractivity contribution < 1.29 is 0 Å². The van der Waals surface area contributed by atoms with Gasteiger partial charge in [0.05, 0.1) is 0 Å². The highest BCUT2D eigenvalue weighted by Gasteiger charge is 2.04. The lowest BCUT2D eigenvalue weighted by atomic mass is 10.1. The molecule has 0 saturated carbocycles. The van der Waals surface area contributed by atoms with Crippen molar-refractivity contribution in [1.29, 1.82) is 0 Å². The first-order valence-corrected chi connectivity index (χ1v) is 6.03. The third kappa shape index (κ3) is 3.34. The molecule has 0 amide bonds. The first-order chi connectivity index (χ1) is 8.25. The Hall–Kier alpha value is -1.77. The minimum Gasteiger partial charge on any atom is -0.368 e. The molecular formula is C14H19N3. The highest BCUT2D eigenvalue weighted by molar-refractivity contribution is 5.34. The molecule has 0 aliphatic rings. The fraction of sp³-hybridized carbons (Fsp3) is 0.357. The van der Waals surface area contributed by atoms with Crippen LogP contribution in [-0.4, -0.2) is 15.6 Å². The van der Waals surface area contributed by atoms with Gasteiger partial charge in [-0.1, -0.05) is 6.07 Å². The second-order valence-electron chi connectivity index (χ2n) is 4.41. The zero-order valence-corrected chi connectivity index (χ0v) is 10.4. The molecule has 3 nitrogen and oxygen atoms in total. The third-order valence-electron chi connectivity index (χ3n) is 2.94. The second-order valence-corrected chi connectivity index (χ2v) is 4.41. The summed E-state index contributed by atoms with van der Waals surface area (Å²) in [5, 5.41) is 3.40. The van der Waals surface area contributed by atoms with Gasteiger partial charge in [-0.3, -0.25) is 0 Å². The van der Waals surface area contributed by atoms with Crippen LogP contribution in [0, 0.1) is 0 Å². The molecule has 0 saturated heterocycles. The minimum atomic E-state index is 0.430. The van der Waals surface area contributed by atoms with Gasteiger partial charge >= 0.3 is 0 Å². The molecule has 1 atom stereocenters. The Morgan fingerprint density at radius 1 is 1.29 bits per heavy atom. The van der Waals surface area contributed by atoms with Crippen LogP contribution < -0.4 is 5.32 Å². The summed E-state index contributed by atoms with van der Waals surface area (Å²) >= 11 is 0. The average molecular weight is 229 g/mol. The van der Waals surface area contributed by atoms with Gasteiger partial charge in [-0.15, -0.1) is 0 Å². The molecule has 0 spiro atoms. The molecule has 0 aromatic carbocycles. The molecule has 0 radical (unpaired) electrons. The molecule has 1 N–H and O–H groups in total. The molecule has 0 bridgehead atoms. The topological polar surface area (TPSA) is 29.9 Å². The quantitative estimate of drug-likeness (QED) is 0.854. The molecule has 2 aromatic heterocycles. The van der Waals surface area contributed by atoms with Crippen molar-refractivity contribution in [2.24, 2.45) is 7.05 Å². The number of nitrogens with zero attached hydrogens (tertiary/aromatic N) is 2. The fourth-order valence-electron chi connectivity index (χ4n) is 1.89. The van der Waals surface area contributed by atoms with Crippen LogP contribution in [0.25, 0.3) is 0 Å². The van der Waals surface area contributed by atoms with E-state index in [1.165, 1.54) is 5.69 Å². The minimum absolute atomic E-state index is 0.430. The van der Waals surface area contributed by atoms with Gasteiger partial charge in [0, 0.05) is 31.2 Å². The lowest BCUT2D eigenvalue weighted by molar-refractivity contribution is 0.673. The lowest BCUT2D eigenvalue weighted by Gasteiger charge is -2.14. The number of nitrogens with one attached hydrogen (secondary N) is 1. The van der Waals surface area contributed by atoms with Crippen molar-refractivity contribution in [2.45, 2.75) is 25.8 Å². The molecule has 0 aliphatic heterocycles. The summed E-state index contributed by atoms with van der Waals surface area (Å²) in [5.41, 5.74) is 1.37. The van der Waals surface area contributed by atoms with Gasteiger partial charge in [-0.05, 0) is 44.0 Å². The zero-order valence-electron chi connectivity index (χ0n) is 10.4. The fourth-order valence-corrected chi connectivity index (χ4v) is 1.89. The van der Waals surface area contributed by atoms with E-state index in [1.54, 1.807) is 0 Å². The highest BCUT2D eigenvalue weighted by Crippen LogP contribution is 2.09. The monoisotopic (exact) mass is 229 g/mol. The van der Waals surface area contributed by atoms with Crippen molar-refractivity contribution in [1.82, 2.24) is 9.55 Å². The lowest BCUT2D eigenvalue weighted by Crippen LogP contribution is -2.17. The first kappa shape index (κ1) is 11.7. The van der Waals surface area contributed by atoms with Crippen molar-refractivity contribution in [2.75, 3.05) is 5.32 Å². The van der Waals surface area contributed by atoms with E-state index in [9.17, 15) is 0 Å². The number of rotatable bonds is 5. The van der Waals surface area contributed by atoms with E-state index in [4.69, 9.17) is 0 Å². The number of hydrogen-bond donors (Lipinski definition) is 1. The first-order valence-electron chi connectivity index (χ1n) is 6.03. The Kier molecular flexibility index (Phi) is 3.81. The van der Waals surface area contributed by atoms with E-state index in [2.05, 4.69) is 47.2 Å². The van der Waals surface area contributed by atoms with E-state index in [0.29, 0.717) is 6.04 Å². The number of aryl methyl sites for hydroxylation is 2. The van der Waals surface area contributed by atoms with Crippen LogP contribution >= 0.6 is 0 Å². The van der Waals surface area contributed by atoms with Gasteiger partial charge in [0.2, 0.25) is 0 Å². The summed E-state index contributed by atoms with van der Waals surface area (Å²) in [6.07, 6.45) is 6.09. The molecule has 2 aromatic rings. The molecule has 2 rings (SSSR count). The molecular weight excluding hydrogens is 210 g/mol. The summed E-state index contributed by atoms with van der Waals surface area (Å²) in [7, 11) is 2.09. The average Bonchev–Trinajstić information content (AvgIpc) is 2.74. The van der Waals surface area contributed by atoms with Crippen LogP contribution in [0.3, 0.4) is 0 Å². The van der Waals surface area contributed by atoms with Crippen LogP contribution in [0.4, 0.5) is 5.82 Å². The van der Waals surface area contributed by atoms with E-state index in [1.807, 2.05) is 24.4 Å². The summed E-state index contributed by atoms with van der Waals surface area (Å²) in [5.74, 6) is 0.951. The number of hydrogen-bond acceptors (Lipinski definition) is 2. The highest BCUT2D eigenvalue weighted by atomic mass is 15.0. The Bertz CT molecular complexity index is 448. The van der Waals surface area contributed by atoms with Gasteiger partial charge in [-0.25, -0.2) is 4.98 Å². The molecule has 17 heavy (non-hydrogen) atoms. The van der Waals surface area contributed by atoms with Crippen LogP contribution in [0.2, 0.25) is 0 Å². The molecule has 0 fully saturated rings. The van der Waals surface area contributed by atoms with Crippen LogP contribution in [-0.2, 0) is 13.5 Å². The number of pyridine rings is 1. The molecule has 3 heteroatoms. The summed E-state index contributed by atoms with van der Waals surface area (Å²) in [6.45, 7) is 2.19. The van der Waals surface area contributed by atoms with E-state index in [0.717, 1.165) is 18.7 Å². The Morgan fingerprint density at radius 2 is 2.18 bits per heavy atom. The van der Waals surface area contributed by atoms with Crippen LogP contribution in [0.5, 0.6) is 0 Å². The third-order valence-corrected chi connectivity index (χ3v) is 2.94. The van der Waals surface area contributed by atoms with Gasteiger partial charge in [-0.2, -0.15) is 0 Å². The van der Waals surface area contributed by atoms with Crippen LogP contribution in [0.1, 0.15) is 19.0 Å². The Morgan fingerprint density at radius 3 is 2.82 bits per heavy atom. The summed E-state index contributed by atoms with van der Waals surface area (Å²) < 4.78 is 2.17. The number of anilines is 1. The van der Waals surface area contributed by atoms with Crippen molar-refractivity contribution >= 4 is 5.82 Å². The van der Waals surface area contributed by atoms with E-state index >= 15 is 0 Å². The van der Waals surface area contributed by atoms with Crippen molar-refractivity contribution in [3.05, 3.63) is 48.4 Å².